The number of carboxylic acid groups (broad SMARTS) is 1. The highest BCUT2D eigenvalue weighted by Crippen LogP contribution is 2.37. The Morgan fingerprint density at radius 2 is 2.09 bits per heavy atom. The summed E-state index contributed by atoms with van der Waals surface area (Å²) in [7, 11) is 0. The fourth-order valence-corrected chi connectivity index (χ4v) is 5.65. The van der Waals surface area contributed by atoms with E-state index in [1.165, 1.54) is 11.3 Å². The van der Waals surface area contributed by atoms with Gasteiger partial charge in [0.1, 0.15) is 11.2 Å². The highest BCUT2D eigenvalue weighted by molar-refractivity contribution is 7.16. The van der Waals surface area contributed by atoms with E-state index in [2.05, 4.69) is 16.0 Å². The largest absolute Gasteiger partial charge is 0.478 e. The summed E-state index contributed by atoms with van der Waals surface area (Å²) in [6.45, 7) is 1.90. The molecule has 2 atom stereocenters. The third-order valence-electron chi connectivity index (χ3n) is 6.13. The number of rotatable bonds is 7. The Morgan fingerprint density at radius 3 is 2.91 bits per heavy atom. The summed E-state index contributed by atoms with van der Waals surface area (Å²) in [5.41, 5.74) is 2.03. The van der Waals surface area contributed by atoms with Gasteiger partial charge >= 0.3 is 5.97 Å². The Kier molecular flexibility index (Phi) is 6.39. The van der Waals surface area contributed by atoms with E-state index < -0.39 is 5.97 Å². The van der Waals surface area contributed by atoms with Crippen molar-refractivity contribution in [2.24, 2.45) is 0 Å². The fourth-order valence-electron chi connectivity index (χ4n) is 4.44. The number of benzene rings is 1. The van der Waals surface area contributed by atoms with Gasteiger partial charge in [-0.3, -0.25) is 4.79 Å². The molecule has 1 aromatic heterocycles. The van der Waals surface area contributed by atoms with Crippen molar-refractivity contribution in [1.29, 1.82) is 0 Å². The second-order valence-corrected chi connectivity index (χ2v) is 9.57. The molecule has 3 aliphatic rings. The molecule has 4 N–H and O–H groups in total. The number of thiophene rings is 1. The van der Waals surface area contributed by atoms with Crippen LogP contribution in [0.15, 0.2) is 18.2 Å². The molecule has 2 aromatic rings. The SMILES string of the molecule is O=C(Cc1ccc2c(c1)OCO2)NCC1Cc2c(sc(NC3CCCCO3)c2C(=O)O)CN1. The molecule has 5 rings (SSSR count). The molecule has 10 heteroatoms. The minimum atomic E-state index is -0.932. The summed E-state index contributed by atoms with van der Waals surface area (Å²) < 4.78 is 16.4. The number of amides is 1. The first-order valence-corrected chi connectivity index (χ1v) is 12.0. The maximum atomic E-state index is 12.5. The number of nitrogens with one attached hydrogen (secondary N) is 3. The lowest BCUT2D eigenvalue weighted by molar-refractivity contribution is -0.120. The first kappa shape index (κ1) is 22.0. The molecule has 1 fully saturated rings. The summed E-state index contributed by atoms with van der Waals surface area (Å²) in [5.74, 6) is 0.319. The van der Waals surface area contributed by atoms with Crippen LogP contribution in [0.2, 0.25) is 0 Å². The van der Waals surface area contributed by atoms with Gasteiger partial charge in [0.15, 0.2) is 11.5 Å². The first-order chi connectivity index (χ1) is 16.1. The van der Waals surface area contributed by atoms with E-state index in [4.69, 9.17) is 14.2 Å². The van der Waals surface area contributed by atoms with Gasteiger partial charge < -0.3 is 35.3 Å². The highest BCUT2D eigenvalue weighted by Gasteiger charge is 2.30. The van der Waals surface area contributed by atoms with E-state index >= 15 is 0 Å². The zero-order valence-corrected chi connectivity index (χ0v) is 19.0. The summed E-state index contributed by atoms with van der Waals surface area (Å²) in [6, 6.07) is 5.45. The lowest BCUT2D eigenvalue weighted by atomic mass is 9.97. The third-order valence-corrected chi connectivity index (χ3v) is 7.29. The molecule has 0 radical (unpaired) electrons. The van der Waals surface area contributed by atoms with E-state index in [0.29, 0.717) is 48.2 Å². The number of hydrogen-bond donors (Lipinski definition) is 4. The van der Waals surface area contributed by atoms with Crippen molar-refractivity contribution in [3.05, 3.63) is 39.8 Å². The minimum absolute atomic E-state index is 0.0373. The number of anilines is 1. The van der Waals surface area contributed by atoms with E-state index in [-0.39, 0.29) is 31.4 Å². The monoisotopic (exact) mass is 473 g/mol. The lowest BCUT2D eigenvalue weighted by Gasteiger charge is -2.25. The number of ether oxygens (including phenoxy) is 3. The summed E-state index contributed by atoms with van der Waals surface area (Å²) >= 11 is 1.48. The Balaban J connectivity index is 1.19. The molecular formula is C23H27N3O6S. The average Bonchev–Trinajstić information content (AvgIpc) is 3.41. The molecule has 3 aliphatic heterocycles. The van der Waals surface area contributed by atoms with Crippen LogP contribution in [0.5, 0.6) is 11.5 Å². The molecule has 4 heterocycles. The van der Waals surface area contributed by atoms with Gasteiger partial charge in [-0.25, -0.2) is 4.79 Å². The molecule has 33 heavy (non-hydrogen) atoms. The standard InChI is InChI=1S/C23H27N3O6S/c27-19(8-13-4-5-16-17(7-13)32-12-31-16)25-10-14-9-15-18(11-24-14)33-22(21(15)23(28)29)26-20-3-1-2-6-30-20/h4-5,7,14,20,24,26H,1-3,6,8-12H2,(H,25,27)(H,28,29). The Hall–Kier alpha value is -2.82. The lowest BCUT2D eigenvalue weighted by Crippen LogP contribution is -2.44. The second-order valence-electron chi connectivity index (χ2n) is 8.46. The summed E-state index contributed by atoms with van der Waals surface area (Å²) in [6.07, 6.45) is 3.62. The quantitative estimate of drug-likeness (QED) is 0.485. The van der Waals surface area contributed by atoms with Gasteiger partial charge in [0.25, 0.3) is 0 Å². The number of carbonyl (C=O) groups excluding carboxylic acids is 1. The van der Waals surface area contributed by atoms with Gasteiger partial charge in [0.05, 0.1) is 12.0 Å². The van der Waals surface area contributed by atoms with Gasteiger partial charge in [0, 0.05) is 30.6 Å². The Morgan fingerprint density at radius 1 is 1.21 bits per heavy atom. The Bertz CT molecular complexity index is 1050. The van der Waals surface area contributed by atoms with Crippen LogP contribution in [0.25, 0.3) is 0 Å². The molecule has 1 saturated heterocycles. The van der Waals surface area contributed by atoms with Crippen molar-refractivity contribution in [3.8, 4) is 11.5 Å². The van der Waals surface area contributed by atoms with Gasteiger partial charge in [-0.2, -0.15) is 0 Å². The summed E-state index contributed by atoms with van der Waals surface area (Å²) in [5, 5.41) is 20.2. The smallest absolute Gasteiger partial charge is 0.338 e. The normalized spacial score (nSPS) is 21.3. The van der Waals surface area contributed by atoms with Gasteiger partial charge in [-0.15, -0.1) is 11.3 Å². The topological polar surface area (TPSA) is 118 Å². The van der Waals surface area contributed by atoms with Gasteiger partial charge in [-0.05, 0) is 48.9 Å². The minimum Gasteiger partial charge on any atom is -0.478 e. The van der Waals surface area contributed by atoms with Crippen LogP contribution >= 0.6 is 11.3 Å². The molecule has 2 unspecified atom stereocenters. The van der Waals surface area contributed by atoms with Crippen molar-refractivity contribution < 1.29 is 28.9 Å². The van der Waals surface area contributed by atoms with Crippen LogP contribution in [0, 0.1) is 0 Å². The Labute approximate surface area is 195 Å². The third kappa shape index (κ3) is 4.92. The fraction of sp³-hybridized carbons (Fsp3) is 0.478. The predicted octanol–water partition coefficient (Wildman–Crippen LogP) is 2.49. The molecule has 0 bridgehead atoms. The van der Waals surface area contributed by atoms with Crippen LogP contribution in [-0.2, 0) is 28.9 Å². The average molecular weight is 474 g/mol. The predicted molar refractivity (Wildman–Crippen MR) is 122 cm³/mol. The van der Waals surface area contributed by atoms with Crippen LogP contribution in [0.4, 0.5) is 5.00 Å². The van der Waals surface area contributed by atoms with Crippen molar-refractivity contribution in [2.75, 3.05) is 25.3 Å². The zero-order chi connectivity index (χ0) is 22.8. The molecule has 176 valence electrons. The molecule has 0 aliphatic carbocycles. The number of hydrogen-bond acceptors (Lipinski definition) is 8. The molecule has 1 aromatic carbocycles. The number of aromatic carboxylic acids is 1. The molecule has 9 nitrogen and oxygen atoms in total. The highest BCUT2D eigenvalue weighted by atomic mass is 32.1. The number of carbonyl (C=O) groups is 2. The van der Waals surface area contributed by atoms with Crippen LogP contribution in [-0.4, -0.2) is 49.2 Å². The van der Waals surface area contributed by atoms with Gasteiger partial charge in [-0.1, -0.05) is 6.07 Å². The first-order valence-electron chi connectivity index (χ1n) is 11.2. The van der Waals surface area contributed by atoms with Crippen LogP contribution in [0.1, 0.15) is 45.6 Å². The zero-order valence-electron chi connectivity index (χ0n) is 18.1. The van der Waals surface area contributed by atoms with Crippen molar-refractivity contribution >= 4 is 28.2 Å². The maximum Gasteiger partial charge on any atom is 0.338 e. The van der Waals surface area contributed by atoms with E-state index in [1.807, 2.05) is 18.2 Å². The molecular weight excluding hydrogens is 446 g/mol. The van der Waals surface area contributed by atoms with Crippen molar-refractivity contribution in [1.82, 2.24) is 10.6 Å². The molecule has 0 spiro atoms. The van der Waals surface area contributed by atoms with Crippen LogP contribution in [0.3, 0.4) is 0 Å². The van der Waals surface area contributed by atoms with E-state index in [1.54, 1.807) is 0 Å². The van der Waals surface area contributed by atoms with E-state index in [9.17, 15) is 14.7 Å². The van der Waals surface area contributed by atoms with Crippen molar-refractivity contribution in [2.45, 2.75) is 50.9 Å². The molecule has 0 saturated carbocycles. The van der Waals surface area contributed by atoms with Gasteiger partial charge in [0.2, 0.25) is 12.7 Å². The van der Waals surface area contributed by atoms with Crippen molar-refractivity contribution in [3.63, 3.8) is 0 Å². The maximum absolute atomic E-state index is 12.5. The van der Waals surface area contributed by atoms with Crippen LogP contribution < -0.4 is 25.4 Å². The van der Waals surface area contributed by atoms with E-state index in [0.717, 1.165) is 35.3 Å². The number of fused-ring (bicyclic) bond motifs is 2. The summed E-state index contributed by atoms with van der Waals surface area (Å²) in [4.78, 5) is 25.6. The second kappa shape index (κ2) is 9.58. The number of carboxylic acids is 1. The molecule has 1 amide bonds.